The Morgan fingerprint density at radius 2 is 2.10 bits per heavy atom. The molecule has 1 aromatic rings. The van der Waals surface area contributed by atoms with Gasteiger partial charge in [0.1, 0.15) is 0 Å². The molecule has 1 amide bonds. The van der Waals surface area contributed by atoms with Crippen LogP contribution in [0.1, 0.15) is 49.8 Å². The molecule has 0 spiro atoms. The highest BCUT2D eigenvalue weighted by Gasteiger charge is 2.34. The van der Waals surface area contributed by atoms with Crippen molar-refractivity contribution in [3.05, 3.63) is 22.4 Å². The largest absolute Gasteiger partial charge is 0.355 e. The van der Waals surface area contributed by atoms with E-state index in [1.807, 2.05) is 18.4 Å². The fraction of sp³-hybridized carbons (Fsp3) is 0.688. The van der Waals surface area contributed by atoms with Crippen LogP contribution in [-0.2, 0) is 10.2 Å². The molecule has 21 heavy (non-hydrogen) atoms. The van der Waals surface area contributed by atoms with Crippen molar-refractivity contribution in [1.82, 2.24) is 10.6 Å². The number of rotatable bonds is 7. The summed E-state index contributed by atoms with van der Waals surface area (Å²) in [7, 11) is 1.92. The zero-order chi connectivity index (χ0) is 14.3. The molecule has 0 aromatic carbocycles. The molecule has 1 aliphatic rings. The maximum absolute atomic E-state index is 11.9. The van der Waals surface area contributed by atoms with Crippen LogP contribution < -0.4 is 10.6 Å². The van der Waals surface area contributed by atoms with Crippen LogP contribution in [0.3, 0.4) is 0 Å². The van der Waals surface area contributed by atoms with Crippen molar-refractivity contribution in [2.24, 2.45) is 0 Å². The number of carbonyl (C=O) groups excluding carboxylic acids is 1. The van der Waals surface area contributed by atoms with E-state index in [-0.39, 0.29) is 23.7 Å². The molecule has 1 saturated carbocycles. The maximum Gasteiger partial charge on any atom is 0.220 e. The topological polar surface area (TPSA) is 41.1 Å². The van der Waals surface area contributed by atoms with Gasteiger partial charge in [-0.1, -0.05) is 25.3 Å². The Kier molecular flexibility index (Phi) is 8.30. The molecule has 5 heteroatoms. The van der Waals surface area contributed by atoms with Crippen LogP contribution in [0.5, 0.6) is 0 Å². The molecule has 1 fully saturated rings. The van der Waals surface area contributed by atoms with Gasteiger partial charge in [-0.3, -0.25) is 4.79 Å². The molecule has 120 valence electrons. The van der Waals surface area contributed by atoms with Gasteiger partial charge in [0.15, 0.2) is 0 Å². The van der Waals surface area contributed by atoms with Crippen LogP contribution >= 0.6 is 23.7 Å². The predicted molar refractivity (Wildman–Crippen MR) is 92.5 cm³/mol. The Hall–Kier alpha value is -0.580. The average molecular weight is 331 g/mol. The first-order valence-corrected chi connectivity index (χ1v) is 8.60. The van der Waals surface area contributed by atoms with E-state index < -0.39 is 0 Å². The highest BCUT2D eigenvalue weighted by molar-refractivity contribution is 7.10. The zero-order valence-corrected chi connectivity index (χ0v) is 14.5. The molecule has 1 aliphatic carbocycles. The highest BCUT2D eigenvalue weighted by atomic mass is 35.5. The summed E-state index contributed by atoms with van der Waals surface area (Å²) in [6, 6.07) is 4.37. The summed E-state index contributed by atoms with van der Waals surface area (Å²) < 4.78 is 0. The first-order valence-electron chi connectivity index (χ1n) is 7.72. The summed E-state index contributed by atoms with van der Waals surface area (Å²) in [6.07, 6.45) is 7.87. The molecular formula is C16H27ClN2OS. The minimum absolute atomic E-state index is 0. The zero-order valence-electron chi connectivity index (χ0n) is 12.8. The van der Waals surface area contributed by atoms with Crippen molar-refractivity contribution in [2.45, 2.75) is 50.4 Å². The van der Waals surface area contributed by atoms with Gasteiger partial charge < -0.3 is 10.6 Å². The van der Waals surface area contributed by atoms with Crippen molar-refractivity contribution in [3.8, 4) is 0 Å². The number of thiophene rings is 1. The average Bonchev–Trinajstić information content (AvgIpc) is 3.01. The molecule has 1 heterocycles. The number of hydrogen-bond acceptors (Lipinski definition) is 3. The van der Waals surface area contributed by atoms with Crippen molar-refractivity contribution >= 4 is 29.7 Å². The second kappa shape index (κ2) is 9.44. The molecule has 0 saturated heterocycles. The van der Waals surface area contributed by atoms with Gasteiger partial charge in [-0.05, 0) is 44.3 Å². The Morgan fingerprint density at radius 1 is 1.33 bits per heavy atom. The van der Waals surface area contributed by atoms with E-state index in [9.17, 15) is 4.79 Å². The monoisotopic (exact) mass is 330 g/mol. The summed E-state index contributed by atoms with van der Waals surface area (Å²) in [5.74, 6) is 0.196. The third-order valence-corrected chi connectivity index (χ3v) is 5.43. The Balaban J connectivity index is 0.00000220. The van der Waals surface area contributed by atoms with E-state index in [0.717, 1.165) is 19.5 Å². The van der Waals surface area contributed by atoms with Crippen molar-refractivity contribution in [2.75, 3.05) is 20.1 Å². The summed E-state index contributed by atoms with van der Waals surface area (Å²) in [5, 5.41) is 8.41. The lowest BCUT2D eigenvalue weighted by Crippen LogP contribution is -2.41. The molecule has 2 N–H and O–H groups in total. The van der Waals surface area contributed by atoms with Crippen molar-refractivity contribution < 1.29 is 4.79 Å². The molecule has 0 atom stereocenters. The lowest BCUT2D eigenvalue weighted by molar-refractivity contribution is -0.121. The number of halogens is 1. The fourth-order valence-electron chi connectivity index (χ4n) is 3.10. The summed E-state index contributed by atoms with van der Waals surface area (Å²) >= 11 is 1.84. The van der Waals surface area contributed by atoms with Crippen molar-refractivity contribution in [1.29, 1.82) is 0 Å². The molecule has 2 rings (SSSR count). The van der Waals surface area contributed by atoms with Crippen LogP contribution in [0.15, 0.2) is 17.5 Å². The summed E-state index contributed by atoms with van der Waals surface area (Å²) in [4.78, 5) is 13.4. The van der Waals surface area contributed by atoms with Crippen LogP contribution in [0.25, 0.3) is 0 Å². The van der Waals surface area contributed by atoms with Gasteiger partial charge >= 0.3 is 0 Å². The van der Waals surface area contributed by atoms with Gasteiger partial charge in [-0.2, -0.15) is 0 Å². The number of amides is 1. The molecule has 0 aliphatic heterocycles. The van der Waals surface area contributed by atoms with E-state index in [0.29, 0.717) is 6.42 Å². The molecule has 0 bridgehead atoms. The Morgan fingerprint density at radius 3 is 2.71 bits per heavy atom. The number of hydrogen-bond donors (Lipinski definition) is 2. The third kappa shape index (κ3) is 5.28. The van der Waals surface area contributed by atoms with Gasteiger partial charge in [0, 0.05) is 23.3 Å². The van der Waals surface area contributed by atoms with Gasteiger partial charge in [0.05, 0.1) is 0 Å². The number of carbonyl (C=O) groups is 1. The predicted octanol–water partition coefficient (Wildman–Crippen LogP) is 3.49. The molecule has 3 nitrogen and oxygen atoms in total. The van der Waals surface area contributed by atoms with Gasteiger partial charge in [-0.15, -0.1) is 23.7 Å². The molecule has 1 aromatic heterocycles. The van der Waals surface area contributed by atoms with Crippen LogP contribution in [0.2, 0.25) is 0 Å². The minimum atomic E-state index is 0. The Bertz CT molecular complexity index is 402. The van der Waals surface area contributed by atoms with E-state index in [1.165, 1.54) is 37.0 Å². The van der Waals surface area contributed by atoms with Crippen LogP contribution in [0.4, 0.5) is 0 Å². The third-order valence-electron chi connectivity index (χ3n) is 4.31. The van der Waals surface area contributed by atoms with Gasteiger partial charge in [-0.25, -0.2) is 0 Å². The standard InChI is InChI=1S/C16H26N2OS.ClH/c1-17-11-5-8-15(19)18-13-16(9-3-2-4-10-16)14-7-6-12-20-14;/h6-7,12,17H,2-5,8-11,13H2,1H3,(H,18,19);1H. The molecule has 0 radical (unpaired) electrons. The normalized spacial score (nSPS) is 17.0. The summed E-state index contributed by atoms with van der Waals surface area (Å²) in [6.45, 7) is 1.72. The molecular weight excluding hydrogens is 304 g/mol. The SMILES string of the molecule is CNCCCC(=O)NCC1(c2cccs2)CCCCC1.Cl. The number of nitrogens with one attached hydrogen (secondary N) is 2. The first-order chi connectivity index (χ1) is 9.77. The summed E-state index contributed by atoms with van der Waals surface area (Å²) in [5.41, 5.74) is 0.199. The first kappa shape index (κ1) is 18.5. The Labute approximate surface area is 138 Å². The minimum Gasteiger partial charge on any atom is -0.355 e. The van der Waals surface area contributed by atoms with Crippen LogP contribution in [0, 0.1) is 0 Å². The highest BCUT2D eigenvalue weighted by Crippen LogP contribution is 2.41. The second-order valence-corrected chi connectivity index (χ2v) is 6.75. The lowest BCUT2D eigenvalue weighted by atomic mass is 9.73. The van der Waals surface area contributed by atoms with E-state index >= 15 is 0 Å². The van der Waals surface area contributed by atoms with Gasteiger partial charge in [0.25, 0.3) is 0 Å². The van der Waals surface area contributed by atoms with Gasteiger partial charge in [0.2, 0.25) is 5.91 Å². The quantitative estimate of drug-likeness (QED) is 0.751. The smallest absolute Gasteiger partial charge is 0.220 e. The molecule has 0 unspecified atom stereocenters. The van der Waals surface area contributed by atoms with E-state index in [1.54, 1.807) is 0 Å². The second-order valence-electron chi connectivity index (χ2n) is 5.80. The maximum atomic E-state index is 11.9. The fourth-order valence-corrected chi connectivity index (χ4v) is 4.09. The van der Waals surface area contributed by atoms with Crippen molar-refractivity contribution in [3.63, 3.8) is 0 Å². The van der Waals surface area contributed by atoms with E-state index in [2.05, 4.69) is 28.1 Å². The van der Waals surface area contributed by atoms with Crippen LogP contribution in [-0.4, -0.2) is 26.0 Å². The lowest BCUT2D eigenvalue weighted by Gasteiger charge is -2.36. The van der Waals surface area contributed by atoms with E-state index in [4.69, 9.17) is 0 Å².